The van der Waals surface area contributed by atoms with Gasteiger partial charge in [-0.05, 0) is 84.0 Å². The van der Waals surface area contributed by atoms with Gasteiger partial charge in [-0.2, -0.15) is 0 Å². The number of hydrogen-bond donors (Lipinski definition) is 2. The Morgan fingerprint density at radius 3 is 1.22 bits per heavy atom. The van der Waals surface area contributed by atoms with Crippen molar-refractivity contribution >= 4 is 42.3 Å². The molecule has 12 heteroatoms. The van der Waals surface area contributed by atoms with Gasteiger partial charge in [0.2, 0.25) is 0 Å². The van der Waals surface area contributed by atoms with Crippen molar-refractivity contribution in [1.82, 2.24) is 0 Å². The molecule has 272 valence electrons. The van der Waals surface area contributed by atoms with Gasteiger partial charge >= 0.3 is 25.7 Å². The molecule has 7 nitrogen and oxygen atoms in total. The number of unbranched alkanes of at least 4 members (excludes halogenated alkanes) is 15. The smallest absolute Gasteiger partial charge is 0.317 e. The molecule has 0 aliphatic rings. The number of rotatable bonds is 31. The van der Waals surface area contributed by atoms with E-state index >= 15 is 0 Å². The summed E-state index contributed by atoms with van der Waals surface area (Å²) in [6.07, 6.45) is 21.1. The standard InChI is InChI=1S/C33H78O7Si5/c1-12-13-14-15-16-17-18-19-20-21-22-23-24-25-26-27-30-45(11,39-43(8,9)37-41(2,3)4)40-44(10,38-42(5,6)7)31-28-29-36-32-33(34)35/h33-35H,12-32H2,1-11H3. The zero-order valence-corrected chi connectivity index (χ0v) is 36.9. The highest BCUT2D eigenvalue weighted by Crippen LogP contribution is 2.32. The Bertz CT molecular complexity index is 719. The second-order valence-electron chi connectivity index (χ2n) is 16.0. The summed E-state index contributed by atoms with van der Waals surface area (Å²) < 4.78 is 33.1. The molecule has 0 aromatic carbocycles. The Kier molecular flexibility index (Phi) is 24.5. The summed E-state index contributed by atoms with van der Waals surface area (Å²) in [5.41, 5.74) is 0. The first-order valence-corrected chi connectivity index (χ1v) is 33.2. The minimum absolute atomic E-state index is 0.0728. The average molecular weight is 727 g/mol. The van der Waals surface area contributed by atoms with Crippen LogP contribution in [0.2, 0.25) is 77.6 Å². The van der Waals surface area contributed by atoms with Crippen LogP contribution in [0.25, 0.3) is 0 Å². The first-order chi connectivity index (χ1) is 20.8. The second kappa shape index (κ2) is 24.0. The van der Waals surface area contributed by atoms with Crippen molar-refractivity contribution in [3.8, 4) is 0 Å². The zero-order valence-electron chi connectivity index (χ0n) is 31.9. The normalized spacial score (nSPS) is 15.9. The predicted molar refractivity (Wildman–Crippen MR) is 205 cm³/mol. The Morgan fingerprint density at radius 2 is 0.822 bits per heavy atom. The number of aliphatic hydroxyl groups excluding tert-OH is 1. The molecule has 2 atom stereocenters. The van der Waals surface area contributed by atoms with E-state index in [1.54, 1.807) is 0 Å². The molecule has 45 heavy (non-hydrogen) atoms. The van der Waals surface area contributed by atoms with Crippen molar-refractivity contribution < 1.29 is 31.4 Å². The van der Waals surface area contributed by atoms with Gasteiger partial charge in [0.1, 0.15) is 0 Å². The summed E-state index contributed by atoms with van der Waals surface area (Å²) in [4.78, 5) is 0. The second-order valence-corrected chi connectivity index (χ2v) is 36.1. The van der Waals surface area contributed by atoms with E-state index in [4.69, 9.17) is 31.4 Å². The topological polar surface area (TPSA) is 86.6 Å². The third-order valence-corrected chi connectivity index (χ3v) is 25.9. The minimum atomic E-state index is -2.62. The fraction of sp³-hybridized carbons (Fsp3) is 1.00. The molecule has 0 aliphatic carbocycles. The molecule has 0 aromatic heterocycles. The van der Waals surface area contributed by atoms with Gasteiger partial charge in [0.15, 0.2) is 22.9 Å². The highest BCUT2D eigenvalue weighted by molar-refractivity contribution is 6.90. The van der Waals surface area contributed by atoms with Crippen LogP contribution in [0.5, 0.6) is 0 Å². The van der Waals surface area contributed by atoms with E-state index in [-0.39, 0.29) is 6.61 Å². The zero-order chi connectivity index (χ0) is 34.5. The van der Waals surface area contributed by atoms with E-state index in [1.165, 1.54) is 96.3 Å². The molecular weight excluding hydrogens is 649 g/mol. The molecule has 0 spiro atoms. The van der Waals surface area contributed by atoms with Crippen LogP contribution in [0, 0.1) is 0 Å². The molecule has 0 aromatic rings. The molecule has 0 saturated heterocycles. The van der Waals surface area contributed by atoms with Crippen LogP contribution in [0.4, 0.5) is 0 Å². The van der Waals surface area contributed by atoms with Crippen molar-refractivity contribution in [3.05, 3.63) is 0 Å². The lowest BCUT2D eigenvalue weighted by molar-refractivity contribution is -0.0945. The van der Waals surface area contributed by atoms with E-state index in [2.05, 4.69) is 72.4 Å². The molecule has 0 bridgehead atoms. The summed E-state index contributed by atoms with van der Waals surface area (Å²) in [6, 6.07) is 1.75. The quantitative estimate of drug-likeness (QED) is 0.0418. The molecular formula is C33H78O7Si5. The van der Waals surface area contributed by atoms with Crippen LogP contribution >= 0.6 is 0 Å². The summed E-state index contributed by atoms with van der Waals surface area (Å²) in [5.74, 6) is 0. The monoisotopic (exact) mass is 726 g/mol. The van der Waals surface area contributed by atoms with Crippen molar-refractivity contribution in [1.29, 1.82) is 0 Å². The average Bonchev–Trinajstić information content (AvgIpc) is 2.84. The Balaban J connectivity index is 4.93. The van der Waals surface area contributed by atoms with Gasteiger partial charge in [-0.1, -0.05) is 110 Å². The lowest BCUT2D eigenvalue weighted by atomic mass is 10.0. The SMILES string of the molecule is CCCCCCCCCCCCCCCCCC[Si](C)(O[Si](C)(C)O[Si](C)(C)C)O[Si](C)(CCCOCC(O)O)O[Si](C)(C)C. The largest absolute Gasteiger partial charge is 0.437 e. The molecule has 0 heterocycles. The first kappa shape index (κ1) is 45.8. The van der Waals surface area contributed by atoms with Gasteiger partial charge in [0, 0.05) is 6.61 Å². The summed E-state index contributed by atoms with van der Waals surface area (Å²) in [7, 11) is -11.3. The van der Waals surface area contributed by atoms with Gasteiger partial charge in [-0.15, -0.1) is 0 Å². The molecule has 0 aliphatic heterocycles. The van der Waals surface area contributed by atoms with Crippen molar-refractivity contribution in [3.63, 3.8) is 0 Å². The number of hydrogen-bond acceptors (Lipinski definition) is 7. The first-order valence-electron chi connectivity index (χ1n) is 18.5. The van der Waals surface area contributed by atoms with Gasteiger partial charge in [-0.3, -0.25) is 0 Å². The highest BCUT2D eigenvalue weighted by Gasteiger charge is 2.48. The van der Waals surface area contributed by atoms with Gasteiger partial charge < -0.3 is 31.4 Å². The molecule has 2 unspecified atom stereocenters. The maximum Gasteiger partial charge on any atom is 0.317 e. The van der Waals surface area contributed by atoms with Crippen LogP contribution in [0.15, 0.2) is 0 Å². The Morgan fingerprint density at radius 1 is 0.444 bits per heavy atom. The van der Waals surface area contributed by atoms with Gasteiger partial charge in [0.05, 0.1) is 6.61 Å². The fourth-order valence-electron chi connectivity index (χ4n) is 6.31. The van der Waals surface area contributed by atoms with Crippen molar-refractivity contribution in [2.45, 2.75) is 200 Å². The number of aliphatic hydroxyl groups is 2. The summed E-state index contributed by atoms with van der Waals surface area (Å²) in [5, 5.41) is 18.2. The maximum absolute atomic E-state index is 9.12. The van der Waals surface area contributed by atoms with E-state index in [0.717, 1.165) is 24.9 Å². The van der Waals surface area contributed by atoms with E-state index < -0.39 is 48.6 Å². The van der Waals surface area contributed by atoms with Crippen LogP contribution in [-0.4, -0.2) is 72.0 Å². The van der Waals surface area contributed by atoms with Crippen molar-refractivity contribution in [2.24, 2.45) is 0 Å². The molecule has 0 radical (unpaired) electrons. The molecule has 2 N–H and O–H groups in total. The van der Waals surface area contributed by atoms with Crippen LogP contribution in [0.1, 0.15) is 116 Å². The van der Waals surface area contributed by atoms with E-state index in [0.29, 0.717) is 6.61 Å². The Labute approximate surface area is 285 Å². The molecule has 0 amide bonds. The third-order valence-electron chi connectivity index (χ3n) is 7.64. The lowest BCUT2D eigenvalue weighted by Crippen LogP contribution is -2.60. The fourth-order valence-corrected chi connectivity index (χ4v) is 30.1. The summed E-state index contributed by atoms with van der Waals surface area (Å²) in [6.45, 7) is 24.8. The van der Waals surface area contributed by atoms with Crippen molar-refractivity contribution in [2.75, 3.05) is 13.2 Å². The van der Waals surface area contributed by atoms with E-state index in [1.807, 2.05) is 0 Å². The highest BCUT2D eigenvalue weighted by atomic mass is 28.5. The maximum atomic E-state index is 9.12. The molecule has 0 rings (SSSR count). The predicted octanol–water partition coefficient (Wildman–Crippen LogP) is 10.5. The van der Waals surface area contributed by atoms with Crippen LogP contribution < -0.4 is 0 Å². The molecule has 0 saturated carbocycles. The molecule has 0 fully saturated rings. The van der Waals surface area contributed by atoms with Gasteiger partial charge in [-0.25, -0.2) is 0 Å². The lowest BCUT2D eigenvalue weighted by Gasteiger charge is -2.44. The van der Waals surface area contributed by atoms with Crippen LogP contribution in [-0.2, 0) is 21.2 Å². The third kappa shape index (κ3) is 29.4. The number of ether oxygens (including phenoxy) is 1. The Hall–Kier alpha value is 0.804. The summed E-state index contributed by atoms with van der Waals surface area (Å²) >= 11 is 0. The van der Waals surface area contributed by atoms with Crippen LogP contribution in [0.3, 0.4) is 0 Å². The van der Waals surface area contributed by atoms with E-state index in [9.17, 15) is 0 Å². The minimum Gasteiger partial charge on any atom is -0.437 e. The van der Waals surface area contributed by atoms with Gasteiger partial charge in [0.25, 0.3) is 0 Å².